The van der Waals surface area contributed by atoms with E-state index in [0.29, 0.717) is 12.2 Å². The molecular formula is C32H33FN2O2. The zero-order valence-electron chi connectivity index (χ0n) is 21.1. The summed E-state index contributed by atoms with van der Waals surface area (Å²) in [6.07, 6.45) is 6.63. The molecule has 3 aromatic rings. The van der Waals surface area contributed by atoms with E-state index in [1.165, 1.54) is 39.0 Å². The van der Waals surface area contributed by atoms with Crippen molar-refractivity contribution < 1.29 is 14.2 Å². The molecule has 190 valence electrons. The first-order valence-corrected chi connectivity index (χ1v) is 13.4. The van der Waals surface area contributed by atoms with Crippen LogP contribution in [0.2, 0.25) is 0 Å². The minimum absolute atomic E-state index is 0.148. The van der Waals surface area contributed by atoms with Crippen LogP contribution >= 0.6 is 0 Å². The molecule has 0 saturated carbocycles. The third-order valence-corrected chi connectivity index (χ3v) is 7.80. The standard InChI is InChI=1S/C32H33FN2O2/c33-14-2-15-35-16-13-29(21-35)37-28-10-7-22(8-11-28)32-30(24-5-6-25-19-34-20-26(25)17-24)4-1-3-23-18-27(36)9-12-31(23)32/h5-12,17-18,20,29,36H,1-4,13-16,19,21H2/t29-/m0/s1. The van der Waals surface area contributed by atoms with Gasteiger partial charge in [0.2, 0.25) is 0 Å². The van der Waals surface area contributed by atoms with Gasteiger partial charge in [-0.2, -0.15) is 0 Å². The molecule has 0 bridgehead atoms. The predicted octanol–water partition coefficient (Wildman–Crippen LogP) is 6.43. The second-order valence-corrected chi connectivity index (χ2v) is 10.3. The maximum atomic E-state index is 12.5. The molecular weight excluding hydrogens is 463 g/mol. The highest BCUT2D eigenvalue weighted by Gasteiger charge is 2.24. The second kappa shape index (κ2) is 10.5. The van der Waals surface area contributed by atoms with Gasteiger partial charge in [-0.05, 0) is 107 Å². The molecule has 1 N–H and O–H groups in total. The van der Waals surface area contributed by atoms with E-state index in [0.717, 1.165) is 63.2 Å². The van der Waals surface area contributed by atoms with E-state index in [9.17, 15) is 9.50 Å². The molecule has 2 heterocycles. The van der Waals surface area contributed by atoms with Gasteiger partial charge in [0.05, 0.1) is 13.2 Å². The molecule has 3 aliphatic rings. The maximum absolute atomic E-state index is 12.5. The number of likely N-dealkylation sites (tertiary alicyclic amines) is 1. The normalized spacial score (nSPS) is 19.1. The van der Waals surface area contributed by atoms with Crippen molar-refractivity contribution in [2.24, 2.45) is 4.99 Å². The number of phenols is 1. The van der Waals surface area contributed by atoms with Crippen LogP contribution in [0, 0.1) is 0 Å². The molecule has 6 rings (SSSR count). The average Bonchev–Trinajstić information content (AvgIpc) is 3.53. The Balaban J connectivity index is 1.34. The van der Waals surface area contributed by atoms with Crippen molar-refractivity contribution >= 4 is 17.4 Å². The highest BCUT2D eigenvalue weighted by atomic mass is 19.1. The van der Waals surface area contributed by atoms with Crippen molar-refractivity contribution in [3.05, 3.63) is 94.0 Å². The van der Waals surface area contributed by atoms with Crippen molar-refractivity contribution in [2.45, 2.75) is 44.8 Å². The molecule has 0 radical (unpaired) electrons. The van der Waals surface area contributed by atoms with Crippen molar-refractivity contribution in [3.63, 3.8) is 0 Å². The summed E-state index contributed by atoms with van der Waals surface area (Å²) in [5.74, 6) is 1.19. The molecule has 1 aliphatic carbocycles. The van der Waals surface area contributed by atoms with Gasteiger partial charge in [0.25, 0.3) is 0 Å². The van der Waals surface area contributed by atoms with Gasteiger partial charge >= 0.3 is 0 Å². The van der Waals surface area contributed by atoms with Crippen LogP contribution in [-0.4, -0.2) is 48.6 Å². The number of aliphatic imine (C=N–C) groups is 1. The smallest absolute Gasteiger partial charge is 0.119 e. The minimum Gasteiger partial charge on any atom is -0.508 e. The molecule has 2 aliphatic heterocycles. The maximum Gasteiger partial charge on any atom is 0.119 e. The Morgan fingerprint density at radius 3 is 2.70 bits per heavy atom. The fourth-order valence-corrected chi connectivity index (χ4v) is 5.95. The number of benzene rings is 3. The number of halogens is 1. The summed E-state index contributed by atoms with van der Waals surface area (Å²) in [6, 6.07) is 21.0. The lowest BCUT2D eigenvalue weighted by molar-refractivity contribution is 0.198. The summed E-state index contributed by atoms with van der Waals surface area (Å²) in [7, 11) is 0. The van der Waals surface area contributed by atoms with Gasteiger partial charge in [-0.25, -0.2) is 0 Å². The Labute approximate surface area is 218 Å². The van der Waals surface area contributed by atoms with Crippen LogP contribution in [-0.2, 0) is 13.0 Å². The number of alkyl halides is 1. The number of aryl methyl sites for hydroxylation is 1. The molecule has 0 unspecified atom stereocenters. The summed E-state index contributed by atoms with van der Waals surface area (Å²) in [5, 5.41) is 10.2. The van der Waals surface area contributed by atoms with Gasteiger partial charge in [-0.15, -0.1) is 0 Å². The molecule has 5 heteroatoms. The zero-order chi connectivity index (χ0) is 25.2. The van der Waals surface area contributed by atoms with E-state index in [1.54, 1.807) is 6.07 Å². The third-order valence-electron chi connectivity index (χ3n) is 7.80. The number of nitrogens with zero attached hydrogens (tertiary/aromatic N) is 2. The van der Waals surface area contributed by atoms with Gasteiger partial charge in [0, 0.05) is 25.8 Å². The van der Waals surface area contributed by atoms with Crippen LogP contribution < -0.4 is 4.74 Å². The zero-order valence-corrected chi connectivity index (χ0v) is 21.1. The highest BCUT2D eigenvalue weighted by molar-refractivity contribution is 6.01. The Bertz CT molecular complexity index is 1350. The molecule has 37 heavy (non-hydrogen) atoms. The summed E-state index contributed by atoms with van der Waals surface area (Å²) in [6.45, 7) is 3.13. The number of aromatic hydroxyl groups is 1. The Morgan fingerprint density at radius 2 is 1.84 bits per heavy atom. The third kappa shape index (κ3) is 5.05. The number of ether oxygens (including phenoxy) is 1. The molecule has 0 aromatic heterocycles. The van der Waals surface area contributed by atoms with Crippen LogP contribution in [0.15, 0.2) is 65.7 Å². The first-order chi connectivity index (χ1) is 18.2. The number of fused-ring (bicyclic) bond motifs is 2. The summed E-state index contributed by atoms with van der Waals surface area (Å²) < 4.78 is 18.8. The first-order valence-electron chi connectivity index (χ1n) is 13.4. The van der Waals surface area contributed by atoms with E-state index in [1.807, 2.05) is 12.3 Å². The lowest BCUT2D eigenvalue weighted by atomic mass is 9.87. The van der Waals surface area contributed by atoms with Gasteiger partial charge < -0.3 is 9.84 Å². The lowest BCUT2D eigenvalue weighted by Crippen LogP contribution is -2.26. The summed E-state index contributed by atoms with van der Waals surface area (Å²) >= 11 is 0. The SMILES string of the molecule is Oc1ccc2c(c1)CCCC(c1ccc3c(c1)C=NC3)=C2c1ccc(O[C@H]2CCN(CCCF)C2)cc1. The molecule has 0 amide bonds. The number of rotatable bonds is 7. The fraction of sp³-hybridized carbons (Fsp3) is 0.344. The summed E-state index contributed by atoms with van der Waals surface area (Å²) in [5.41, 5.74) is 9.82. The second-order valence-electron chi connectivity index (χ2n) is 10.3. The largest absolute Gasteiger partial charge is 0.508 e. The number of phenolic OH excluding ortho intramolecular Hbond substituents is 1. The van der Waals surface area contributed by atoms with Crippen molar-refractivity contribution in [3.8, 4) is 11.5 Å². The Hall–Kier alpha value is -3.44. The van der Waals surface area contributed by atoms with E-state index in [4.69, 9.17) is 4.74 Å². The number of hydrogen-bond donors (Lipinski definition) is 1. The Morgan fingerprint density at radius 1 is 0.973 bits per heavy atom. The Kier molecular flexibility index (Phi) is 6.79. The van der Waals surface area contributed by atoms with Crippen LogP contribution in [0.5, 0.6) is 11.5 Å². The van der Waals surface area contributed by atoms with Gasteiger partial charge in [0.1, 0.15) is 17.6 Å². The van der Waals surface area contributed by atoms with Crippen LogP contribution in [0.3, 0.4) is 0 Å². The van der Waals surface area contributed by atoms with Gasteiger partial charge in [-0.1, -0.05) is 30.3 Å². The highest BCUT2D eigenvalue weighted by Crippen LogP contribution is 2.41. The van der Waals surface area contributed by atoms with Crippen LogP contribution in [0.4, 0.5) is 4.39 Å². The first kappa shape index (κ1) is 23.9. The minimum atomic E-state index is -0.261. The van der Waals surface area contributed by atoms with Crippen LogP contribution in [0.25, 0.3) is 11.1 Å². The van der Waals surface area contributed by atoms with Crippen molar-refractivity contribution in [1.29, 1.82) is 0 Å². The van der Waals surface area contributed by atoms with Gasteiger partial charge in [-0.3, -0.25) is 14.3 Å². The molecule has 0 spiro atoms. The average molecular weight is 497 g/mol. The lowest BCUT2D eigenvalue weighted by Gasteiger charge is -2.19. The molecule has 3 aromatic carbocycles. The van der Waals surface area contributed by atoms with Crippen molar-refractivity contribution in [1.82, 2.24) is 4.90 Å². The van der Waals surface area contributed by atoms with E-state index in [2.05, 4.69) is 58.4 Å². The quantitative estimate of drug-likeness (QED) is 0.410. The number of allylic oxidation sites excluding steroid dienone is 1. The molecule has 4 nitrogen and oxygen atoms in total. The van der Waals surface area contributed by atoms with E-state index >= 15 is 0 Å². The van der Waals surface area contributed by atoms with E-state index < -0.39 is 0 Å². The number of hydrogen-bond acceptors (Lipinski definition) is 4. The van der Waals surface area contributed by atoms with Crippen molar-refractivity contribution in [2.75, 3.05) is 26.3 Å². The van der Waals surface area contributed by atoms with E-state index in [-0.39, 0.29) is 12.8 Å². The molecule has 1 saturated heterocycles. The fourth-order valence-electron chi connectivity index (χ4n) is 5.95. The monoisotopic (exact) mass is 496 g/mol. The molecule has 1 atom stereocenters. The predicted molar refractivity (Wildman–Crippen MR) is 147 cm³/mol. The molecule has 1 fully saturated rings. The topological polar surface area (TPSA) is 45.1 Å². The van der Waals surface area contributed by atoms with Crippen LogP contribution in [0.1, 0.15) is 59.1 Å². The van der Waals surface area contributed by atoms with Gasteiger partial charge in [0.15, 0.2) is 0 Å². The summed E-state index contributed by atoms with van der Waals surface area (Å²) in [4.78, 5) is 6.73.